The van der Waals surface area contributed by atoms with Crippen LogP contribution >= 0.6 is 11.6 Å². The molecule has 1 rings (SSSR count). The van der Waals surface area contributed by atoms with E-state index in [1.807, 2.05) is 0 Å². The molecule has 0 aliphatic heterocycles. The van der Waals surface area contributed by atoms with Crippen LogP contribution in [0, 0.1) is 17.2 Å². The van der Waals surface area contributed by atoms with Crippen LogP contribution in [0.2, 0.25) is 5.02 Å². The second-order valence-corrected chi connectivity index (χ2v) is 5.49. The van der Waals surface area contributed by atoms with Gasteiger partial charge in [-0.3, -0.25) is 4.79 Å². The van der Waals surface area contributed by atoms with E-state index in [0.29, 0.717) is 16.4 Å². The lowest BCUT2D eigenvalue weighted by Crippen LogP contribution is -2.44. The van der Waals surface area contributed by atoms with Crippen molar-refractivity contribution in [2.45, 2.75) is 19.9 Å². The number of rotatable bonds is 6. The molecular formula is C15H17ClN4O3. The molecule has 0 radical (unpaired) electrons. The largest absolute Gasteiger partial charge is 0.480 e. The molecule has 8 heteroatoms. The maximum atomic E-state index is 12.0. The Balaban J connectivity index is 2.86. The molecule has 23 heavy (non-hydrogen) atoms. The minimum absolute atomic E-state index is 0.259. The highest BCUT2D eigenvalue weighted by Gasteiger charge is 2.24. The van der Waals surface area contributed by atoms with Crippen molar-refractivity contribution in [3.8, 4) is 6.07 Å². The summed E-state index contributed by atoms with van der Waals surface area (Å²) in [5.74, 6) is -2.26. The highest BCUT2D eigenvalue weighted by Crippen LogP contribution is 2.22. The fourth-order valence-electron chi connectivity index (χ4n) is 1.65. The average molecular weight is 337 g/mol. The highest BCUT2D eigenvalue weighted by atomic mass is 35.5. The molecule has 0 aromatic heterocycles. The van der Waals surface area contributed by atoms with Gasteiger partial charge in [0.2, 0.25) is 0 Å². The maximum Gasteiger partial charge on any atom is 0.326 e. The van der Waals surface area contributed by atoms with Crippen LogP contribution in [0.5, 0.6) is 0 Å². The Bertz CT molecular complexity index is 680. The van der Waals surface area contributed by atoms with E-state index in [2.05, 4.69) is 10.6 Å². The van der Waals surface area contributed by atoms with Gasteiger partial charge in [-0.15, -0.1) is 0 Å². The zero-order valence-corrected chi connectivity index (χ0v) is 13.4. The third-order valence-corrected chi connectivity index (χ3v) is 3.30. The summed E-state index contributed by atoms with van der Waals surface area (Å²) in [7, 11) is 0. The molecule has 1 amide bonds. The van der Waals surface area contributed by atoms with Crippen LogP contribution in [-0.2, 0) is 9.59 Å². The summed E-state index contributed by atoms with van der Waals surface area (Å²) >= 11 is 5.87. The summed E-state index contributed by atoms with van der Waals surface area (Å²) in [6.07, 6.45) is 1.18. The Morgan fingerprint density at radius 3 is 2.57 bits per heavy atom. The first-order valence-electron chi connectivity index (χ1n) is 6.71. The number of anilines is 2. The van der Waals surface area contributed by atoms with Gasteiger partial charge >= 0.3 is 5.97 Å². The zero-order valence-electron chi connectivity index (χ0n) is 12.6. The Kier molecular flexibility index (Phi) is 6.42. The van der Waals surface area contributed by atoms with E-state index in [1.165, 1.54) is 12.3 Å². The third-order valence-electron chi connectivity index (χ3n) is 2.97. The molecule has 1 aromatic rings. The fourth-order valence-corrected chi connectivity index (χ4v) is 1.83. The Morgan fingerprint density at radius 2 is 2.09 bits per heavy atom. The molecule has 1 atom stereocenters. The van der Waals surface area contributed by atoms with Gasteiger partial charge in [0.25, 0.3) is 5.91 Å². The van der Waals surface area contributed by atoms with Gasteiger partial charge in [-0.1, -0.05) is 25.4 Å². The Labute approximate surface area is 138 Å². The number of nitriles is 1. The number of nitrogens with zero attached hydrogens (tertiary/aromatic N) is 1. The predicted molar refractivity (Wildman–Crippen MR) is 87.6 cm³/mol. The molecule has 122 valence electrons. The molecule has 5 N–H and O–H groups in total. The number of hydrogen-bond acceptors (Lipinski definition) is 5. The lowest BCUT2D eigenvalue weighted by atomic mass is 10.0. The number of halogens is 1. The summed E-state index contributed by atoms with van der Waals surface area (Å²) in [4.78, 5) is 23.1. The number of carboxylic acids is 1. The Morgan fingerprint density at radius 1 is 1.43 bits per heavy atom. The fraction of sp³-hybridized carbons (Fsp3) is 0.267. The molecule has 1 unspecified atom stereocenters. The van der Waals surface area contributed by atoms with E-state index < -0.39 is 17.9 Å². The van der Waals surface area contributed by atoms with E-state index in [9.17, 15) is 9.59 Å². The number of aliphatic carboxylic acids is 1. The monoisotopic (exact) mass is 336 g/mol. The standard InChI is InChI=1S/C15H17ClN4O3/c1-8(2)13(15(22)23)20-14(21)9(6-17)7-19-10-3-4-12(18)11(16)5-10/h3-5,7-8,13,19H,18H2,1-2H3,(H,20,21)(H,22,23)/b9-7-. The number of hydrogen-bond donors (Lipinski definition) is 4. The molecule has 0 aliphatic carbocycles. The summed E-state index contributed by atoms with van der Waals surface area (Å²) in [6, 6.07) is 5.37. The number of amides is 1. The molecule has 0 fully saturated rings. The van der Waals surface area contributed by atoms with Gasteiger partial charge in [0.05, 0.1) is 10.7 Å². The smallest absolute Gasteiger partial charge is 0.326 e. The molecule has 0 saturated carbocycles. The van der Waals surface area contributed by atoms with Gasteiger partial charge in [-0.2, -0.15) is 5.26 Å². The van der Waals surface area contributed by atoms with Crippen LogP contribution in [0.3, 0.4) is 0 Å². The molecule has 0 saturated heterocycles. The summed E-state index contributed by atoms with van der Waals surface area (Å²) in [6.45, 7) is 3.31. The van der Waals surface area contributed by atoms with Gasteiger partial charge in [0.1, 0.15) is 17.7 Å². The summed E-state index contributed by atoms with van der Waals surface area (Å²) in [5, 5.41) is 23.5. The van der Waals surface area contributed by atoms with Crippen molar-refractivity contribution in [1.29, 1.82) is 5.26 Å². The quantitative estimate of drug-likeness (QED) is 0.357. The van der Waals surface area contributed by atoms with Crippen LogP contribution in [0.1, 0.15) is 13.8 Å². The molecule has 1 aromatic carbocycles. The molecular weight excluding hydrogens is 320 g/mol. The highest BCUT2D eigenvalue weighted by molar-refractivity contribution is 6.33. The van der Waals surface area contributed by atoms with E-state index >= 15 is 0 Å². The van der Waals surface area contributed by atoms with Gasteiger partial charge in [-0.05, 0) is 24.1 Å². The van der Waals surface area contributed by atoms with E-state index in [1.54, 1.807) is 32.0 Å². The van der Waals surface area contributed by atoms with Gasteiger partial charge in [0, 0.05) is 11.9 Å². The number of carboxylic acid groups (broad SMARTS) is 1. The maximum absolute atomic E-state index is 12.0. The van der Waals surface area contributed by atoms with Crippen molar-refractivity contribution in [2.24, 2.45) is 5.92 Å². The first-order chi connectivity index (χ1) is 10.8. The van der Waals surface area contributed by atoms with Crippen LogP contribution in [0.25, 0.3) is 0 Å². The van der Waals surface area contributed by atoms with Crippen LogP contribution in [0.4, 0.5) is 11.4 Å². The normalized spacial score (nSPS) is 12.4. The third kappa shape index (κ3) is 5.20. The van der Waals surface area contributed by atoms with Crippen molar-refractivity contribution < 1.29 is 14.7 Å². The van der Waals surface area contributed by atoms with Crippen molar-refractivity contribution in [3.05, 3.63) is 35.0 Å². The number of carbonyl (C=O) groups is 2. The first-order valence-corrected chi connectivity index (χ1v) is 7.09. The molecule has 0 heterocycles. The number of nitrogens with one attached hydrogen (secondary N) is 2. The van der Waals surface area contributed by atoms with Crippen LogP contribution in [-0.4, -0.2) is 23.0 Å². The van der Waals surface area contributed by atoms with Gasteiger partial charge in [0.15, 0.2) is 0 Å². The minimum atomic E-state index is -1.16. The lowest BCUT2D eigenvalue weighted by Gasteiger charge is -2.17. The zero-order chi connectivity index (χ0) is 17.6. The summed E-state index contributed by atoms with van der Waals surface area (Å²) < 4.78 is 0. The van der Waals surface area contributed by atoms with Crippen LogP contribution < -0.4 is 16.4 Å². The van der Waals surface area contributed by atoms with Gasteiger partial charge in [-0.25, -0.2) is 4.79 Å². The number of benzene rings is 1. The minimum Gasteiger partial charge on any atom is -0.480 e. The van der Waals surface area contributed by atoms with Crippen molar-refractivity contribution in [1.82, 2.24) is 5.32 Å². The predicted octanol–water partition coefficient (Wildman–Crippen LogP) is 1.97. The average Bonchev–Trinajstić information content (AvgIpc) is 2.48. The molecule has 0 spiro atoms. The number of nitrogens with two attached hydrogens (primary N) is 1. The van der Waals surface area contributed by atoms with Gasteiger partial charge < -0.3 is 21.5 Å². The number of carbonyl (C=O) groups excluding carboxylic acids is 1. The summed E-state index contributed by atoms with van der Waals surface area (Å²) in [5.41, 5.74) is 6.26. The van der Waals surface area contributed by atoms with Crippen molar-refractivity contribution in [3.63, 3.8) is 0 Å². The van der Waals surface area contributed by atoms with E-state index in [4.69, 9.17) is 27.7 Å². The van der Waals surface area contributed by atoms with Crippen molar-refractivity contribution in [2.75, 3.05) is 11.1 Å². The Hall–Kier alpha value is -2.72. The van der Waals surface area contributed by atoms with E-state index in [-0.39, 0.29) is 11.5 Å². The van der Waals surface area contributed by atoms with E-state index in [0.717, 1.165) is 0 Å². The molecule has 7 nitrogen and oxygen atoms in total. The SMILES string of the molecule is CC(C)C(NC(=O)/C(C#N)=C\Nc1ccc(N)c(Cl)c1)C(=O)O. The second-order valence-electron chi connectivity index (χ2n) is 5.08. The molecule has 0 bridgehead atoms. The second kappa shape index (κ2) is 8.06. The topological polar surface area (TPSA) is 128 Å². The molecule has 0 aliphatic rings. The first kappa shape index (κ1) is 18.3. The van der Waals surface area contributed by atoms with Crippen LogP contribution in [0.15, 0.2) is 30.0 Å². The number of nitrogen functional groups attached to an aromatic ring is 1. The van der Waals surface area contributed by atoms with Crippen molar-refractivity contribution >= 4 is 34.9 Å². The lowest BCUT2D eigenvalue weighted by molar-refractivity contribution is -0.142.